The van der Waals surface area contributed by atoms with Gasteiger partial charge in [-0.05, 0) is 80.2 Å². The van der Waals surface area contributed by atoms with Crippen molar-refractivity contribution in [1.29, 1.82) is 0 Å². The Labute approximate surface area is 142 Å². The van der Waals surface area contributed by atoms with Gasteiger partial charge in [-0.1, -0.05) is 6.92 Å². The molecule has 1 aromatic heterocycles. The lowest BCUT2D eigenvalue weighted by Gasteiger charge is -2.13. The van der Waals surface area contributed by atoms with E-state index in [2.05, 4.69) is 61.2 Å². The summed E-state index contributed by atoms with van der Waals surface area (Å²) in [7, 11) is 0. The summed E-state index contributed by atoms with van der Waals surface area (Å²) < 4.78 is 7.81. The van der Waals surface area contributed by atoms with Gasteiger partial charge >= 0.3 is 0 Å². The maximum absolute atomic E-state index is 5.89. The summed E-state index contributed by atoms with van der Waals surface area (Å²) in [6.45, 7) is 4.56. The molecule has 0 spiro atoms. The second-order valence-electron chi connectivity index (χ2n) is 4.71. The topological polar surface area (TPSA) is 34.1 Å². The van der Waals surface area contributed by atoms with Crippen molar-refractivity contribution < 1.29 is 4.74 Å². The number of halogens is 2. The molecule has 112 valence electrons. The third-order valence-corrected chi connectivity index (χ3v) is 4.12. The fourth-order valence-corrected chi connectivity index (χ4v) is 3.41. The van der Waals surface area contributed by atoms with Crippen LogP contribution in [0.5, 0.6) is 5.75 Å². The Hall–Kier alpha value is -0.910. The Morgan fingerprint density at radius 3 is 2.38 bits per heavy atom. The lowest BCUT2D eigenvalue weighted by molar-refractivity contribution is 0.302. The zero-order valence-corrected chi connectivity index (χ0v) is 15.1. The molecule has 0 aliphatic carbocycles. The average molecular weight is 414 g/mol. The van der Waals surface area contributed by atoms with E-state index in [0.717, 1.165) is 39.8 Å². The molecule has 0 aliphatic heterocycles. The molecule has 1 N–H and O–H groups in total. The Bertz CT molecular complexity index is 553. The molecular formula is C16H18Br2N2O. The van der Waals surface area contributed by atoms with E-state index < -0.39 is 0 Å². The van der Waals surface area contributed by atoms with Crippen LogP contribution in [0.1, 0.15) is 24.5 Å². The Morgan fingerprint density at radius 1 is 1.10 bits per heavy atom. The number of nitrogens with zero attached hydrogens (tertiary/aromatic N) is 1. The van der Waals surface area contributed by atoms with Gasteiger partial charge in [0.1, 0.15) is 12.4 Å². The Balaban J connectivity index is 2.03. The Morgan fingerprint density at radius 2 is 1.76 bits per heavy atom. The van der Waals surface area contributed by atoms with E-state index in [1.165, 1.54) is 5.56 Å². The summed E-state index contributed by atoms with van der Waals surface area (Å²) in [6.07, 6.45) is 4.67. The highest BCUT2D eigenvalue weighted by Gasteiger charge is 2.09. The maximum Gasteiger partial charge on any atom is 0.148 e. The summed E-state index contributed by atoms with van der Waals surface area (Å²) in [5.41, 5.74) is 2.32. The van der Waals surface area contributed by atoms with Crippen molar-refractivity contribution in [3.05, 3.63) is 56.7 Å². The van der Waals surface area contributed by atoms with Crippen molar-refractivity contribution in [2.75, 3.05) is 6.54 Å². The van der Waals surface area contributed by atoms with Crippen molar-refractivity contribution in [1.82, 2.24) is 10.3 Å². The fourth-order valence-electron chi connectivity index (χ4n) is 1.90. The number of hydrogen-bond donors (Lipinski definition) is 1. The van der Waals surface area contributed by atoms with Gasteiger partial charge in [0.15, 0.2) is 0 Å². The van der Waals surface area contributed by atoms with Gasteiger partial charge in [-0.3, -0.25) is 4.98 Å². The van der Waals surface area contributed by atoms with Crippen LogP contribution in [0.25, 0.3) is 0 Å². The minimum atomic E-state index is 0.521. The summed E-state index contributed by atoms with van der Waals surface area (Å²) in [6, 6.07) is 8.08. The quantitative estimate of drug-likeness (QED) is 0.668. The molecule has 0 saturated carbocycles. The maximum atomic E-state index is 5.89. The van der Waals surface area contributed by atoms with Crippen LogP contribution in [0.2, 0.25) is 0 Å². The van der Waals surface area contributed by atoms with Crippen LogP contribution in [0, 0.1) is 0 Å². The van der Waals surface area contributed by atoms with Gasteiger partial charge in [-0.15, -0.1) is 0 Å². The number of benzene rings is 1. The van der Waals surface area contributed by atoms with Crippen LogP contribution in [0.4, 0.5) is 0 Å². The molecule has 3 nitrogen and oxygen atoms in total. The first-order valence-corrected chi connectivity index (χ1v) is 8.49. The molecule has 0 bridgehead atoms. The molecule has 2 rings (SSSR count). The first-order chi connectivity index (χ1) is 10.2. The number of hydrogen-bond acceptors (Lipinski definition) is 3. The number of rotatable bonds is 7. The molecule has 21 heavy (non-hydrogen) atoms. The summed E-state index contributed by atoms with van der Waals surface area (Å²) in [4.78, 5) is 4.00. The van der Waals surface area contributed by atoms with Crippen LogP contribution >= 0.6 is 31.9 Å². The minimum absolute atomic E-state index is 0.521. The average Bonchev–Trinajstić information content (AvgIpc) is 2.48. The predicted octanol–water partition coefficient (Wildman–Crippen LogP) is 4.69. The minimum Gasteiger partial charge on any atom is -0.487 e. The van der Waals surface area contributed by atoms with Crippen LogP contribution in [0.3, 0.4) is 0 Å². The van der Waals surface area contributed by atoms with Crippen LogP contribution in [0.15, 0.2) is 45.6 Å². The third kappa shape index (κ3) is 5.09. The summed E-state index contributed by atoms with van der Waals surface area (Å²) >= 11 is 7.17. The molecule has 0 unspecified atom stereocenters. The van der Waals surface area contributed by atoms with Gasteiger partial charge in [0, 0.05) is 18.9 Å². The molecule has 1 heterocycles. The molecule has 0 saturated heterocycles. The van der Waals surface area contributed by atoms with Gasteiger partial charge in [-0.2, -0.15) is 0 Å². The van der Waals surface area contributed by atoms with E-state index in [9.17, 15) is 0 Å². The van der Waals surface area contributed by atoms with Crippen molar-refractivity contribution >= 4 is 31.9 Å². The molecule has 1 aromatic carbocycles. The highest BCUT2D eigenvalue weighted by atomic mass is 79.9. The molecule has 0 amide bonds. The molecular weight excluding hydrogens is 396 g/mol. The van der Waals surface area contributed by atoms with Gasteiger partial charge in [0.2, 0.25) is 0 Å². The molecule has 0 atom stereocenters. The van der Waals surface area contributed by atoms with Crippen LogP contribution < -0.4 is 10.1 Å². The van der Waals surface area contributed by atoms with Gasteiger partial charge in [-0.25, -0.2) is 0 Å². The van der Waals surface area contributed by atoms with E-state index in [0.29, 0.717) is 6.61 Å². The second kappa shape index (κ2) is 8.51. The van der Waals surface area contributed by atoms with E-state index in [1.54, 1.807) is 12.4 Å². The fraction of sp³-hybridized carbons (Fsp3) is 0.312. The predicted molar refractivity (Wildman–Crippen MR) is 92.4 cm³/mol. The van der Waals surface area contributed by atoms with Crippen molar-refractivity contribution in [3.8, 4) is 5.75 Å². The first-order valence-electron chi connectivity index (χ1n) is 6.91. The molecule has 2 aromatic rings. The van der Waals surface area contributed by atoms with E-state index in [4.69, 9.17) is 4.74 Å². The van der Waals surface area contributed by atoms with Gasteiger partial charge in [0.25, 0.3) is 0 Å². The first kappa shape index (κ1) is 16.5. The molecule has 0 aliphatic rings. The van der Waals surface area contributed by atoms with Crippen LogP contribution in [-0.4, -0.2) is 11.5 Å². The van der Waals surface area contributed by atoms with Crippen molar-refractivity contribution in [2.45, 2.75) is 26.5 Å². The monoisotopic (exact) mass is 412 g/mol. The standard InChI is InChI=1S/C16H18Br2N2O/c1-2-5-20-10-13-8-14(17)16(15(18)9-13)21-11-12-3-6-19-7-4-12/h3-4,6-9,20H,2,5,10-11H2,1H3. The third-order valence-electron chi connectivity index (χ3n) is 2.95. The van der Waals surface area contributed by atoms with Crippen LogP contribution in [-0.2, 0) is 13.2 Å². The summed E-state index contributed by atoms with van der Waals surface area (Å²) in [5.74, 6) is 0.825. The van der Waals surface area contributed by atoms with Gasteiger partial charge in [0.05, 0.1) is 8.95 Å². The van der Waals surface area contributed by atoms with E-state index >= 15 is 0 Å². The molecule has 5 heteroatoms. The van der Waals surface area contributed by atoms with Gasteiger partial charge < -0.3 is 10.1 Å². The second-order valence-corrected chi connectivity index (χ2v) is 6.42. The highest BCUT2D eigenvalue weighted by molar-refractivity contribution is 9.11. The molecule has 0 radical (unpaired) electrons. The Kier molecular flexibility index (Phi) is 6.67. The normalized spacial score (nSPS) is 10.6. The number of aromatic nitrogens is 1. The van der Waals surface area contributed by atoms with Crippen molar-refractivity contribution in [2.24, 2.45) is 0 Å². The van der Waals surface area contributed by atoms with E-state index in [-0.39, 0.29) is 0 Å². The number of ether oxygens (including phenoxy) is 1. The lowest BCUT2D eigenvalue weighted by Crippen LogP contribution is -2.13. The molecule has 0 fully saturated rings. The van der Waals surface area contributed by atoms with Crippen molar-refractivity contribution in [3.63, 3.8) is 0 Å². The van der Waals surface area contributed by atoms with E-state index in [1.807, 2.05) is 12.1 Å². The lowest BCUT2D eigenvalue weighted by atomic mass is 10.2. The zero-order valence-electron chi connectivity index (χ0n) is 11.9. The number of nitrogens with one attached hydrogen (secondary N) is 1. The summed E-state index contributed by atoms with van der Waals surface area (Å²) in [5, 5.41) is 3.39. The zero-order chi connectivity index (χ0) is 15.1. The smallest absolute Gasteiger partial charge is 0.148 e. The SMILES string of the molecule is CCCNCc1cc(Br)c(OCc2ccncc2)c(Br)c1. The largest absolute Gasteiger partial charge is 0.487 e. The number of pyridine rings is 1. The highest BCUT2D eigenvalue weighted by Crippen LogP contribution is 2.35.